The van der Waals surface area contributed by atoms with Crippen molar-refractivity contribution in [3.05, 3.63) is 21.9 Å². The normalized spacial score (nSPS) is 21.2. The fourth-order valence-corrected chi connectivity index (χ4v) is 3.42. The SMILES string of the molecule is CCc1ccc(CC(O)C2(O)CCCC2)s1. The summed E-state index contributed by atoms with van der Waals surface area (Å²) in [6, 6.07) is 4.19. The zero-order chi connectivity index (χ0) is 11.6. The van der Waals surface area contributed by atoms with Gasteiger partial charge in [-0.05, 0) is 31.4 Å². The van der Waals surface area contributed by atoms with Crippen molar-refractivity contribution in [1.82, 2.24) is 0 Å². The molecule has 0 bridgehead atoms. The highest BCUT2D eigenvalue weighted by molar-refractivity contribution is 7.11. The van der Waals surface area contributed by atoms with Gasteiger partial charge in [-0.1, -0.05) is 19.8 Å². The first-order valence-corrected chi connectivity index (χ1v) is 6.94. The minimum Gasteiger partial charge on any atom is -0.390 e. The van der Waals surface area contributed by atoms with E-state index in [4.69, 9.17) is 0 Å². The summed E-state index contributed by atoms with van der Waals surface area (Å²) >= 11 is 1.75. The molecule has 1 heterocycles. The Morgan fingerprint density at radius 3 is 2.50 bits per heavy atom. The van der Waals surface area contributed by atoms with Crippen LogP contribution < -0.4 is 0 Å². The van der Waals surface area contributed by atoms with Crippen molar-refractivity contribution in [2.24, 2.45) is 0 Å². The van der Waals surface area contributed by atoms with Crippen molar-refractivity contribution in [3.8, 4) is 0 Å². The Kier molecular flexibility index (Phi) is 3.67. The third-order valence-corrected chi connectivity index (χ3v) is 4.80. The first kappa shape index (κ1) is 12.1. The van der Waals surface area contributed by atoms with Crippen molar-refractivity contribution in [3.63, 3.8) is 0 Å². The van der Waals surface area contributed by atoms with Crippen LogP contribution in [-0.2, 0) is 12.8 Å². The van der Waals surface area contributed by atoms with Gasteiger partial charge in [-0.3, -0.25) is 0 Å². The summed E-state index contributed by atoms with van der Waals surface area (Å²) in [7, 11) is 0. The van der Waals surface area contributed by atoms with Gasteiger partial charge in [0.25, 0.3) is 0 Å². The third kappa shape index (κ3) is 2.47. The van der Waals surface area contributed by atoms with Crippen LogP contribution in [0.2, 0.25) is 0 Å². The molecular weight excluding hydrogens is 220 g/mol. The van der Waals surface area contributed by atoms with E-state index in [2.05, 4.69) is 19.1 Å². The van der Waals surface area contributed by atoms with Gasteiger partial charge in [-0.15, -0.1) is 11.3 Å². The minimum atomic E-state index is -0.823. The van der Waals surface area contributed by atoms with E-state index < -0.39 is 11.7 Å². The van der Waals surface area contributed by atoms with Crippen LogP contribution in [0.3, 0.4) is 0 Å². The van der Waals surface area contributed by atoms with E-state index >= 15 is 0 Å². The first-order chi connectivity index (χ1) is 7.64. The van der Waals surface area contributed by atoms with Crippen LogP contribution in [0.5, 0.6) is 0 Å². The van der Waals surface area contributed by atoms with E-state index in [-0.39, 0.29) is 0 Å². The second kappa shape index (κ2) is 4.86. The van der Waals surface area contributed by atoms with Crippen LogP contribution in [0.4, 0.5) is 0 Å². The number of thiophene rings is 1. The third-order valence-electron chi connectivity index (χ3n) is 3.55. The number of aliphatic hydroxyl groups is 2. The van der Waals surface area contributed by atoms with Gasteiger partial charge < -0.3 is 10.2 Å². The van der Waals surface area contributed by atoms with Crippen LogP contribution in [0.15, 0.2) is 12.1 Å². The zero-order valence-corrected chi connectivity index (χ0v) is 10.6. The predicted molar refractivity (Wildman–Crippen MR) is 66.8 cm³/mol. The minimum absolute atomic E-state index is 0.598. The van der Waals surface area contributed by atoms with Crippen molar-refractivity contribution < 1.29 is 10.2 Å². The summed E-state index contributed by atoms with van der Waals surface area (Å²) in [4.78, 5) is 2.53. The van der Waals surface area contributed by atoms with Gasteiger partial charge in [0.2, 0.25) is 0 Å². The van der Waals surface area contributed by atoms with E-state index in [1.165, 1.54) is 9.75 Å². The lowest BCUT2D eigenvalue weighted by Crippen LogP contribution is -2.40. The maximum atomic E-state index is 10.2. The lowest BCUT2D eigenvalue weighted by Gasteiger charge is -2.28. The Morgan fingerprint density at radius 1 is 1.31 bits per heavy atom. The number of aliphatic hydroxyl groups excluding tert-OH is 1. The Bertz CT molecular complexity index is 339. The van der Waals surface area contributed by atoms with E-state index in [0.29, 0.717) is 6.42 Å². The van der Waals surface area contributed by atoms with Crippen LogP contribution in [-0.4, -0.2) is 21.9 Å². The molecule has 1 saturated carbocycles. The topological polar surface area (TPSA) is 40.5 Å². The lowest BCUT2D eigenvalue weighted by molar-refractivity contribution is -0.0686. The molecular formula is C13H20O2S. The smallest absolute Gasteiger partial charge is 0.0909 e. The van der Waals surface area contributed by atoms with Gasteiger partial charge in [0.05, 0.1) is 11.7 Å². The molecule has 0 radical (unpaired) electrons. The van der Waals surface area contributed by atoms with Crippen LogP contribution >= 0.6 is 11.3 Å². The molecule has 0 amide bonds. The van der Waals surface area contributed by atoms with Crippen molar-refractivity contribution in [1.29, 1.82) is 0 Å². The Labute approximate surface area is 101 Å². The van der Waals surface area contributed by atoms with E-state index in [9.17, 15) is 10.2 Å². The number of hydrogen-bond donors (Lipinski definition) is 2. The largest absolute Gasteiger partial charge is 0.390 e. The summed E-state index contributed by atoms with van der Waals surface area (Å²) in [6.45, 7) is 2.14. The Balaban J connectivity index is 1.98. The van der Waals surface area contributed by atoms with Gasteiger partial charge in [0.1, 0.15) is 0 Å². The second-order valence-corrected chi connectivity index (χ2v) is 6.01. The summed E-state index contributed by atoms with van der Waals surface area (Å²) in [5, 5.41) is 20.3. The van der Waals surface area contributed by atoms with E-state index in [1.807, 2.05) is 0 Å². The van der Waals surface area contributed by atoms with E-state index in [0.717, 1.165) is 32.1 Å². The molecule has 1 aromatic heterocycles. The van der Waals surface area contributed by atoms with E-state index in [1.54, 1.807) is 11.3 Å². The summed E-state index contributed by atoms with van der Waals surface area (Å²) in [5.74, 6) is 0. The first-order valence-electron chi connectivity index (χ1n) is 6.12. The molecule has 1 atom stereocenters. The van der Waals surface area contributed by atoms with Crippen LogP contribution in [0.1, 0.15) is 42.4 Å². The molecule has 2 N–H and O–H groups in total. The van der Waals surface area contributed by atoms with Crippen molar-refractivity contribution in [2.45, 2.75) is 57.2 Å². The van der Waals surface area contributed by atoms with Crippen LogP contribution in [0, 0.1) is 0 Å². The molecule has 2 rings (SSSR count). The van der Waals surface area contributed by atoms with Crippen molar-refractivity contribution >= 4 is 11.3 Å². The van der Waals surface area contributed by atoms with Gasteiger partial charge in [-0.25, -0.2) is 0 Å². The van der Waals surface area contributed by atoms with Gasteiger partial charge in [0, 0.05) is 16.2 Å². The predicted octanol–water partition coefficient (Wildman–Crippen LogP) is 2.52. The average Bonchev–Trinajstić information content (AvgIpc) is 2.88. The Hall–Kier alpha value is -0.380. The number of hydrogen-bond acceptors (Lipinski definition) is 3. The molecule has 0 aliphatic heterocycles. The van der Waals surface area contributed by atoms with Crippen LogP contribution in [0.25, 0.3) is 0 Å². The number of rotatable bonds is 4. The van der Waals surface area contributed by atoms with Gasteiger partial charge >= 0.3 is 0 Å². The Morgan fingerprint density at radius 2 is 1.94 bits per heavy atom. The highest BCUT2D eigenvalue weighted by Crippen LogP contribution is 2.34. The molecule has 0 spiro atoms. The molecule has 0 saturated heterocycles. The highest BCUT2D eigenvalue weighted by Gasteiger charge is 2.38. The number of aryl methyl sites for hydroxylation is 1. The summed E-state index contributed by atoms with van der Waals surface area (Å²) in [5.41, 5.74) is -0.823. The van der Waals surface area contributed by atoms with Gasteiger partial charge in [-0.2, -0.15) is 0 Å². The average molecular weight is 240 g/mol. The van der Waals surface area contributed by atoms with Gasteiger partial charge in [0.15, 0.2) is 0 Å². The molecule has 3 heteroatoms. The quantitative estimate of drug-likeness (QED) is 0.849. The monoisotopic (exact) mass is 240 g/mol. The molecule has 90 valence electrons. The summed E-state index contributed by atoms with van der Waals surface area (Å²) in [6.07, 6.45) is 4.63. The fourth-order valence-electron chi connectivity index (χ4n) is 2.42. The summed E-state index contributed by atoms with van der Waals surface area (Å²) < 4.78 is 0. The molecule has 2 nitrogen and oxygen atoms in total. The molecule has 1 aliphatic carbocycles. The second-order valence-electron chi connectivity index (χ2n) is 4.75. The molecule has 0 aromatic carbocycles. The highest BCUT2D eigenvalue weighted by atomic mass is 32.1. The molecule has 16 heavy (non-hydrogen) atoms. The zero-order valence-electron chi connectivity index (χ0n) is 9.78. The standard InChI is InChI=1S/C13H20O2S/c1-2-10-5-6-11(16-10)9-12(14)13(15)7-3-4-8-13/h5-6,12,14-15H,2-4,7-9H2,1H3. The lowest BCUT2D eigenvalue weighted by atomic mass is 9.92. The fraction of sp³-hybridized carbons (Fsp3) is 0.692. The van der Waals surface area contributed by atoms with Crippen molar-refractivity contribution in [2.75, 3.05) is 0 Å². The maximum Gasteiger partial charge on any atom is 0.0909 e. The maximum absolute atomic E-state index is 10.2. The molecule has 1 unspecified atom stereocenters. The molecule has 1 aliphatic rings. The molecule has 1 fully saturated rings. The molecule has 1 aromatic rings.